The fourth-order valence-electron chi connectivity index (χ4n) is 3.65. The number of hydrogen-bond donors (Lipinski definition) is 0. The fourth-order valence-corrected chi connectivity index (χ4v) is 3.65. The molecule has 0 heterocycles. The maximum Gasteiger partial charge on any atom is -0.0414 e. The Kier molecular flexibility index (Phi) is 8.83. The van der Waals surface area contributed by atoms with Crippen LogP contribution < -0.4 is 0 Å². The van der Waals surface area contributed by atoms with Crippen LogP contribution in [0.4, 0.5) is 0 Å². The van der Waals surface area contributed by atoms with Gasteiger partial charge in [0.05, 0.1) is 0 Å². The van der Waals surface area contributed by atoms with Crippen molar-refractivity contribution in [1.29, 1.82) is 0 Å². The molecular weight excluding hydrogens is 204 g/mol. The van der Waals surface area contributed by atoms with Gasteiger partial charge in [-0.2, -0.15) is 0 Å². The maximum absolute atomic E-state index is 2.00. The highest BCUT2D eigenvalue weighted by Gasteiger charge is 2.16. The van der Waals surface area contributed by atoms with Crippen LogP contribution in [0.15, 0.2) is 0 Å². The van der Waals surface area contributed by atoms with E-state index in [1.54, 1.807) is 38.5 Å². The van der Waals surface area contributed by atoms with Gasteiger partial charge in [0.1, 0.15) is 0 Å². The molecule has 0 radical (unpaired) electrons. The van der Waals surface area contributed by atoms with Crippen LogP contribution >= 0.6 is 0 Å². The molecule has 2 saturated carbocycles. The van der Waals surface area contributed by atoms with Crippen LogP contribution in [0.3, 0.4) is 0 Å². The lowest BCUT2D eigenvalue weighted by Gasteiger charge is -2.24. The molecule has 2 rings (SSSR count). The second-order valence-corrected chi connectivity index (χ2v) is 5.94. The fraction of sp³-hybridized carbons (Fsp3) is 1.00. The Balaban J connectivity index is 0.000000686. The van der Waals surface area contributed by atoms with E-state index >= 15 is 0 Å². The van der Waals surface area contributed by atoms with Gasteiger partial charge in [0.25, 0.3) is 0 Å². The molecule has 0 N–H and O–H groups in total. The van der Waals surface area contributed by atoms with Crippen molar-refractivity contribution in [3.05, 3.63) is 0 Å². The SMILES string of the molecule is C1CCC(CCCC2CCCCC2)CC1.CC. The summed E-state index contributed by atoms with van der Waals surface area (Å²) in [6.45, 7) is 4.00. The van der Waals surface area contributed by atoms with E-state index in [0.717, 1.165) is 11.8 Å². The average Bonchev–Trinajstić information content (AvgIpc) is 2.43. The molecule has 0 aromatic rings. The molecule has 0 heteroatoms. The third-order valence-electron chi connectivity index (χ3n) is 4.67. The summed E-state index contributed by atoms with van der Waals surface area (Å²) in [5, 5.41) is 0. The summed E-state index contributed by atoms with van der Waals surface area (Å²) in [6, 6.07) is 0. The van der Waals surface area contributed by atoms with E-state index in [0.29, 0.717) is 0 Å². The molecule has 2 aliphatic rings. The van der Waals surface area contributed by atoms with E-state index in [1.165, 1.54) is 44.9 Å². The predicted octanol–water partition coefficient (Wildman–Crippen LogP) is 6.34. The quantitative estimate of drug-likeness (QED) is 0.536. The van der Waals surface area contributed by atoms with Crippen LogP contribution in [0.1, 0.15) is 97.3 Å². The normalized spacial score (nSPS) is 22.9. The van der Waals surface area contributed by atoms with Crippen LogP contribution in [0, 0.1) is 11.8 Å². The third-order valence-corrected chi connectivity index (χ3v) is 4.67. The van der Waals surface area contributed by atoms with Gasteiger partial charge in [-0.3, -0.25) is 0 Å². The van der Waals surface area contributed by atoms with Gasteiger partial charge >= 0.3 is 0 Å². The molecule has 0 spiro atoms. The largest absolute Gasteiger partial charge is 0.0683 e. The Morgan fingerprint density at radius 2 is 0.941 bits per heavy atom. The molecule has 2 aliphatic carbocycles. The Hall–Kier alpha value is 0. The smallest absolute Gasteiger partial charge is 0.0414 e. The average molecular weight is 238 g/mol. The van der Waals surface area contributed by atoms with Gasteiger partial charge in [0.15, 0.2) is 0 Å². The Morgan fingerprint density at radius 1 is 0.588 bits per heavy atom. The maximum atomic E-state index is 2.00. The monoisotopic (exact) mass is 238 g/mol. The van der Waals surface area contributed by atoms with E-state index in [4.69, 9.17) is 0 Å². The molecule has 0 aromatic carbocycles. The molecule has 0 bridgehead atoms. The molecular formula is C17H34. The van der Waals surface area contributed by atoms with Crippen molar-refractivity contribution in [2.45, 2.75) is 97.3 Å². The van der Waals surface area contributed by atoms with Crippen molar-refractivity contribution in [3.8, 4) is 0 Å². The van der Waals surface area contributed by atoms with Gasteiger partial charge in [-0.05, 0) is 11.8 Å². The zero-order valence-electron chi connectivity index (χ0n) is 12.3. The molecule has 0 nitrogen and oxygen atoms in total. The van der Waals surface area contributed by atoms with Crippen molar-refractivity contribution in [3.63, 3.8) is 0 Å². The van der Waals surface area contributed by atoms with Gasteiger partial charge in [-0.25, -0.2) is 0 Å². The van der Waals surface area contributed by atoms with Gasteiger partial charge in [0.2, 0.25) is 0 Å². The molecule has 0 aromatic heterocycles. The molecule has 102 valence electrons. The van der Waals surface area contributed by atoms with Gasteiger partial charge < -0.3 is 0 Å². The second-order valence-electron chi connectivity index (χ2n) is 5.94. The molecule has 0 saturated heterocycles. The van der Waals surface area contributed by atoms with Crippen molar-refractivity contribution in [1.82, 2.24) is 0 Å². The minimum absolute atomic E-state index is 1.11. The second kappa shape index (κ2) is 9.97. The topological polar surface area (TPSA) is 0 Å². The van der Waals surface area contributed by atoms with E-state index in [9.17, 15) is 0 Å². The highest BCUT2D eigenvalue weighted by Crippen LogP contribution is 2.31. The van der Waals surface area contributed by atoms with Gasteiger partial charge in [0, 0.05) is 0 Å². The first-order chi connectivity index (χ1) is 8.45. The standard InChI is InChI=1S/C15H28.C2H6/c1-3-8-14(9-4-1)12-7-13-15-10-5-2-6-11-15;1-2/h14-15H,1-13H2;1-2H3. The zero-order valence-corrected chi connectivity index (χ0v) is 12.3. The lowest BCUT2D eigenvalue weighted by molar-refractivity contribution is 0.291. The summed E-state index contributed by atoms with van der Waals surface area (Å²) in [5.41, 5.74) is 0. The van der Waals surface area contributed by atoms with E-state index in [1.807, 2.05) is 13.8 Å². The van der Waals surface area contributed by atoms with E-state index < -0.39 is 0 Å². The van der Waals surface area contributed by atoms with Crippen LogP contribution in [0.5, 0.6) is 0 Å². The summed E-state index contributed by atoms with van der Waals surface area (Å²) in [7, 11) is 0. The Bertz CT molecular complexity index is 131. The summed E-state index contributed by atoms with van der Waals surface area (Å²) >= 11 is 0. The van der Waals surface area contributed by atoms with Gasteiger partial charge in [-0.1, -0.05) is 97.3 Å². The minimum atomic E-state index is 1.11. The highest BCUT2D eigenvalue weighted by atomic mass is 14.2. The molecule has 0 aliphatic heterocycles. The summed E-state index contributed by atoms with van der Waals surface area (Å²) < 4.78 is 0. The van der Waals surface area contributed by atoms with Crippen molar-refractivity contribution in [2.24, 2.45) is 11.8 Å². The van der Waals surface area contributed by atoms with Crippen LogP contribution in [-0.2, 0) is 0 Å². The van der Waals surface area contributed by atoms with Crippen LogP contribution in [0.25, 0.3) is 0 Å². The van der Waals surface area contributed by atoms with Crippen molar-refractivity contribution < 1.29 is 0 Å². The van der Waals surface area contributed by atoms with Crippen molar-refractivity contribution >= 4 is 0 Å². The lowest BCUT2D eigenvalue weighted by Crippen LogP contribution is -2.09. The molecule has 0 unspecified atom stereocenters. The molecule has 17 heavy (non-hydrogen) atoms. The molecule has 0 atom stereocenters. The minimum Gasteiger partial charge on any atom is -0.0683 e. The molecule has 0 amide bonds. The number of rotatable bonds is 4. The summed E-state index contributed by atoms with van der Waals surface area (Å²) in [4.78, 5) is 0. The summed E-state index contributed by atoms with van der Waals surface area (Å²) in [5.74, 6) is 2.23. The first-order valence-corrected chi connectivity index (χ1v) is 8.45. The van der Waals surface area contributed by atoms with E-state index in [-0.39, 0.29) is 0 Å². The molecule has 2 fully saturated rings. The van der Waals surface area contributed by atoms with Crippen molar-refractivity contribution in [2.75, 3.05) is 0 Å². The summed E-state index contributed by atoms with van der Waals surface area (Å²) in [6.07, 6.45) is 19.9. The van der Waals surface area contributed by atoms with Gasteiger partial charge in [-0.15, -0.1) is 0 Å². The number of hydrogen-bond acceptors (Lipinski definition) is 0. The highest BCUT2D eigenvalue weighted by molar-refractivity contribution is 4.69. The Morgan fingerprint density at radius 3 is 1.29 bits per heavy atom. The third kappa shape index (κ3) is 6.48. The zero-order chi connectivity index (χ0) is 12.3. The lowest BCUT2D eigenvalue weighted by atomic mass is 9.82. The first kappa shape index (κ1) is 15.1. The first-order valence-electron chi connectivity index (χ1n) is 8.45. The van der Waals surface area contributed by atoms with Crippen LogP contribution in [0.2, 0.25) is 0 Å². The predicted molar refractivity (Wildman–Crippen MR) is 78.3 cm³/mol. The Labute approximate surface area is 110 Å². The van der Waals surface area contributed by atoms with E-state index in [2.05, 4.69) is 0 Å². The van der Waals surface area contributed by atoms with Crippen LogP contribution in [-0.4, -0.2) is 0 Å².